The predicted molar refractivity (Wildman–Crippen MR) is 99.6 cm³/mol. The molecule has 0 saturated carbocycles. The zero-order valence-corrected chi connectivity index (χ0v) is 15.1. The number of hydrogen-bond donors (Lipinski definition) is 2. The average molecular weight is 352 g/mol. The zero-order valence-electron chi connectivity index (χ0n) is 15.1. The predicted octanol–water partition coefficient (Wildman–Crippen LogP) is 3.73. The monoisotopic (exact) mass is 352 g/mol. The zero-order chi connectivity index (χ0) is 18.9. The number of benzene rings is 2. The van der Waals surface area contributed by atoms with E-state index in [-0.39, 0.29) is 0 Å². The van der Waals surface area contributed by atoms with E-state index in [2.05, 4.69) is 11.4 Å². The van der Waals surface area contributed by atoms with Gasteiger partial charge < -0.3 is 15.2 Å². The summed E-state index contributed by atoms with van der Waals surface area (Å²) in [6.45, 7) is 4.85. The number of nitriles is 1. The number of hydrogen-bond acceptors (Lipinski definition) is 4. The van der Waals surface area contributed by atoms with Gasteiger partial charge in [-0.05, 0) is 47.7 Å². The highest BCUT2D eigenvalue weighted by molar-refractivity contribution is 5.73. The molecule has 0 heterocycles. The van der Waals surface area contributed by atoms with Crippen LogP contribution < -0.4 is 10.1 Å². The Hall–Kier alpha value is -2.84. The molecule has 2 rings (SSSR count). The van der Waals surface area contributed by atoms with Crippen LogP contribution >= 0.6 is 0 Å². The van der Waals surface area contributed by atoms with E-state index in [0.717, 1.165) is 11.1 Å². The molecule has 1 unspecified atom stereocenters. The summed E-state index contributed by atoms with van der Waals surface area (Å²) in [5.41, 5.74) is 2.49. The van der Waals surface area contributed by atoms with E-state index in [4.69, 9.17) is 10.00 Å². The van der Waals surface area contributed by atoms with Crippen molar-refractivity contribution in [1.82, 2.24) is 5.32 Å². The van der Waals surface area contributed by atoms with E-state index in [9.17, 15) is 9.90 Å². The fourth-order valence-electron chi connectivity index (χ4n) is 2.63. The molecular weight excluding hydrogens is 328 g/mol. The van der Waals surface area contributed by atoms with Crippen LogP contribution in [0.3, 0.4) is 0 Å². The third-order valence-corrected chi connectivity index (χ3v) is 3.92. The molecule has 2 aromatic rings. The maximum Gasteiger partial charge on any atom is 0.320 e. The molecule has 2 N–H and O–H groups in total. The molecule has 0 aliphatic rings. The molecule has 0 aromatic heterocycles. The lowest BCUT2D eigenvalue weighted by molar-refractivity contribution is -0.140. The number of carbonyl (C=O) groups is 1. The van der Waals surface area contributed by atoms with Crippen LogP contribution in [0.1, 0.15) is 37.0 Å². The van der Waals surface area contributed by atoms with Gasteiger partial charge in [-0.25, -0.2) is 0 Å². The van der Waals surface area contributed by atoms with Gasteiger partial charge in [-0.3, -0.25) is 4.79 Å². The van der Waals surface area contributed by atoms with Crippen molar-refractivity contribution < 1.29 is 14.6 Å². The van der Waals surface area contributed by atoms with Crippen LogP contribution in [0.4, 0.5) is 0 Å². The van der Waals surface area contributed by atoms with Crippen LogP contribution in [-0.4, -0.2) is 17.1 Å². The first-order valence-corrected chi connectivity index (χ1v) is 8.65. The van der Waals surface area contributed by atoms with Crippen molar-refractivity contribution in [2.75, 3.05) is 0 Å². The Bertz CT molecular complexity index is 781. The van der Waals surface area contributed by atoms with E-state index in [1.54, 1.807) is 12.1 Å². The van der Waals surface area contributed by atoms with Gasteiger partial charge in [0, 0.05) is 6.54 Å². The van der Waals surface area contributed by atoms with Gasteiger partial charge in [0.1, 0.15) is 18.4 Å². The molecule has 136 valence electrons. The van der Waals surface area contributed by atoms with Crippen molar-refractivity contribution in [3.8, 4) is 11.8 Å². The molecule has 5 nitrogen and oxygen atoms in total. The Morgan fingerprint density at radius 3 is 2.62 bits per heavy atom. The largest absolute Gasteiger partial charge is 0.489 e. The molecule has 0 bridgehead atoms. The Labute approximate surface area is 154 Å². The van der Waals surface area contributed by atoms with Gasteiger partial charge in [0.25, 0.3) is 0 Å². The summed E-state index contributed by atoms with van der Waals surface area (Å²) >= 11 is 0. The van der Waals surface area contributed by atoms with Gasteiger partial charge in [-0.15, -0.1) is 0 Å². The van der Waals surface area contributed by atoms with Gasteiger partial charge in [0.05, 0.1) is 11.6 Å². The number of ether oxygens (including phenoxy) is 1. The van der Waals surface area contributed by atoms with Gasteiger partial charge >= 0.3 is 5.97 Å². The van der Waals surface area contributed by atoms with Gasteiger partial charge in [-0.1, -0.05) is 38.1 Å². The van der Waals surface area contributed by atoms with E-state index < -0.39 is 12.0 Å². The quantitative estimate of drug-likeness (QED) is 0.718. The van der Waals surface area contributed by atoms with Crippen LogP contribution in [0.2, 0.25) is 0 Å². The summed E-state index contributed by atoms with van der Waals surface area (Å²) in [7, 11) is 0. The number of aliphatic carboxylic acids is 1. The molecule has 5 heteroatoms. The molecule has 26 heavy (non-hydrogen) atoms. The van der Waals surface area contributed by atoms with Crippen LogP contribution in [-0.2, 0) is 17.9 Å². The second kappa shape index (κ2) is 9.59. The molecule has 0 saturated heterocycles. The van der Waals surface area contributed by atoms with Crippen molar-refractivity contribution >= 4 is 5.97 Å². The minimum absolute atomic E-state index is 0.308. The van der Waals surface area contributed by atoms with Gasteiger partial charge in [-0.2, -0.15) is 5.26 Å². The van der Waals surface area contributed by atoms with Crippen molar-refractivity contribution in [1.29, 1.82) is 5.26 Å². The lowest BCUT2D eigenvalue weighted by Crippen LogP contribution is -2.37. The molecule has 0 fully saturated rings. The molecule has 0 aliphatic heterocycles. The third kappa shape index (κ3) is 6.23. The number of carboxylic acid groups (broad SMARTS) is 1. The van der Waals surface area contributed by atoms with E-state index >= 15 is 0 Å². The van der Waals surface area contributed by atoms with Crippen molar-refractivity contribution in [2.24, 2.45) is 5.92 Å². The summed E-state index contributed by atoms with van der Waals surface area (Å²) in [5.74, 6) is 0.188. The van der Waals surface area contributed by atoms with Crippen LogP contribution in [0, 0.1) is 17.2 Å². The number of carboxylic acids is 1. The normalized spacial score (nSPS) is 11.8. The Balaban J connectivity index is 1.94. The average Bonchev–Trinajstić information content (AvgIpc) is 2.63. The highest BCUT2D eigenvalue weighted by Gasteiger charge is 2.17. The third-order valence-electron chi connectivity index (χ3n) is 3.92. The standard InChI is InChI=1S/C21H24N2O3/c1-15(2)9-20(21(24)25)23-13-17-6-4-8-19(11-17)26-14-18-7-3-5-16(10-18)12-22/h3-8,10-11,15,20,23H,9,13-14H2,1-2H3,(H,24,25). The molecule has 0 spiro atoms. The van der Waals surface area contributed by atoms with Crippen LogP contribution in [0.25, 0.3) is 0 Å². The summed E-state index contributed by atoms with van der Waals surface area (Å²) in [6.07, 6.45) is 0.584. The topological polar surface area (TPSA) is 82.3 Å². The van der Waals surface area contributed by atoms with Crippen LogP contribution in [0.15, 0.2) is 48.5 Å². The molecular formula is C21H24N2O3. The van der Waals surface area contributed by atoms with E-state index in [1.165, 1.54) is 0 Å². The van der Waals surface area contributed by atoms with Crippen molar-refractivity contribution in [3.63, 3.8) is 0 Å². The number of nitrogens with zero attached hydrogens (tertiary/aromatic N) is 1. The van der Waals surface area contributed by atoms with Crippen molar-refractivity contribution in [2.45, 2.75) is 39.5 Å². The smallest absolute Gasteiger partial charge is 0.320 e. The molecule has 2 aromatic carbocycles. The second-order valence-corrected chi connectivity index (χ2v) is 6.65. The summed E-state index contributed by atoms with van der Waals surface area (Å²) in [6, 6.07) is 16.4. The Kier molecular flexibility index (Phi) is 7.19. The fourth-order valence-corrected chi connectivity index (χ4v) is 2.63. The van der Waals surface area contributed by atoms with Crippen LogP contribution in [0.5, 0.6) is 5.75 Å². The Morgan fingerprint density at radius 1 is 1.19 bits per heavy atom. The van der Waals surface area contributed by atoms with E-state index in [0.29, 0.717) is 36.8 Å². The molecule has 0 amide bonds. The summed E-state index contributed by atoms with van der Waals surface area (Å²) in [4.78, 5) is 11.3. The summed E-state index contributed by atoms with van der Waals surface area (Å²) in [5, 5.41) is 21.3. The van der Waals surface area contributed by atoms with Gasteiger partial charge in [0.2, 0.25) is 0 Å². The SMILES string of the molecule is CC(C)CC(NCc1cccc(OCc2cccc(C#N)c2)c1)C(=O)O. The molecule has 0 aliphatic carbocycles. The fraction of sp³-hybridized carbons (Fsp3) is 0.333. The highest BCUT2D eigenvalue weighted by atomic mass is 16.5. The van der Waals surface area contributed by atoms with Crippen molar-refractivity contribution in [3.05, 3.63) is 65.2 Å². The summed E-state index contributed by atoms with van der Waals surface area (Å²) < 4.78 is 5.80. The lowest BCUT2D eigenvalue weighted by atomic mass is 10.0. The number of rotatable bonds is 9. The first-order valence-electron chi connectivity index (χ1n) is 8.65. The second-order valence-electron chi connectivity index (χ2n) is 6.65. The first-order chi connectivity index (χ1) is 12.5. The van der Waals surface area contributed by atoms with E-state index in [1.807, 2.05) is 50.2 Å². The molecule has 0 radical (unpaired) electrons. The first kappa shape index (κ1) is 19.5. The maximum atomic E-state index is 11.3. The minimum atomic E-state index is -0.830. The Morgan fingerprint density at radius 2 is 1.92 bits per heavy atom. The highest BCUT2D eigenvalue weighted by Crippen LogP contribution is 2.16. The number of nitrogens with one attached hydrogen (secondary N) is 1. The van der Waals surface area contributed by atoms with Gasteiger partial charge in [0.15, 0.2) is 0 Å². The molecule has 1 atom stereocenters. The maximum absolute atomic E-state index is 11.3. The lowest BCUT2D eigenvalue weighted by Gasteiger charge is -2.17. The minimum Gasteiger partial charge on any atom is -0.489 e.